The van der Waals surface area contributed by atoms with Crippen LogP contribution in [0.4, 0.5) is 0 Å². The highest BCUT2D eigenvalue weighted by Crippen LogP contribution is 2.41. The van der Waals surface area contributed by atoms with Gasteiger partial charge in [-0.2, -0.15) is 0 Å². The Morgan fingerprint density at radius 2 is 1.62 bits per heavy atom. The standard InChI is InChI=1S/C28H23Cl2N3O3S/c1-16-15-33(17(2)31-16)26-11-8-20(19-6-5-7-22(12-19)37(4,34)35)13-24(26)27-28(36-18(3)32-27)23-10-9-21(29)14-25(23)30/h5-15H,1-4H3. The summed E-state index contributed by atoms with van der Waals surface area (Å²) in [6, 6.07) is 18.0. The molecule has 5 rings (SSSR count). The number of sulfone groups is 1. The van der Waals surface area contributed by atoms with Crippen LogP contribution in [0, 0.1) is 20.8 Å². The second-order valence-electron chi connectivity index (χ2n) is 8.87. The molecule has 9 heteroatoms. The van der Waals surface area contributed by atoms with Crippen molar-refractivity contribution >= 4 is 33.0 Å². The molecular formula is C28H23Cl2N3O3S. The Bertz CT molecular complexity index is 1770. The number of benzene rings is 3. The van der Waals surface area contributed by atoms with E-state index in [0.29, 0.717) is 33.0 Å². The van der Waals surface area contributed by atoms with E-state index in [2.05, 4.69) is 4.98 Å². The van der Waals surface area contributed by atoms with E-state index in [9.17, 15) is 8.42 Å². The number of aryl methyl sites for hydroxylation is 3. The second kappa shape index (κ2) is 9.49. The van der Waals surface area contributed by atoms with Crippen molar-refractivity contribution in [1.82, 2.24) is 14.5 Å². The van der Waals surface area contributed by atoms with Crippen LogP contribution in [0.3, 0.4) is 0 Å². The predicted molar refractivity (Wildman–Crippen MR) is 147 cm³/mol. The lowest BCUT2D eigenvalue weighted by Gasteiger charge is -2.14. The normalized spacial score (nSPS) is 11.7. The number of imidazole rings is 1. The molecule has 0 fully saturated rings. The van der Waals surface area contributed by atoms with Crippen LogP contribution in [0.25, 0.3) is 39.4 Å². The number of nitrogens with zero attached hydrogens (tertiary/aromatic N) is 3. The van der Waals surface area contributed by atoms with E-state index in [-0.39, 0.29) is 4.90 Å². The van der Waals surface area contributed by atoms with Gasteiger partial charge in [-0.05, 0) is 67.4 Å². The van der Waals surface area contributed by atoms with Crippen molar-refractivity contribution in [2.45, 2.75) is 25.7 Å². The minimum absolute atomic E-state index is 0.252. The van der Waals surface area contributed by atoms with Crippen molar-refractivity contribution in [2.75, 3.05) is 6.26 Å². The van der Waals surface area contributed by atoms with Crippen LogP contribution >= 0.6 is 23.2 Å². The fourth-order valence-corrected chi connectivity index (χ4v) is 5.51. The lowest BCUT2D eigenvalue weighted by Crippen LogP contribution is -2.00. The fraction of sp³-hybridized carbons (Fsp3) is 0.143. The first-order chi connectivity index (χ1) is 17.5. The third-order valence-electron chi connectivity index (χ3n) is 6.02. The lowest BCUT2D eigenvalue weighted by molar-refractivity contribution is 0.534. The zero-order valence-corrected chi connectivity index (χ0v) is 22.9. The Labute approximate surface area is 225 Å². The first-order valence-corrected chi connectivity index (χ1v) is 14.1. The first-order valence-electron chi connectivity index (χ1n) is 11.4. The van der Waals surface area contributed by atoms with E-state index in [1.54, 1.807) is 43.3 Å². The maximum Gasteiger partial charge on any atom is 0.192 e. The van der Waals surface area contributed by atoms with Crippen LogP contribution in [0.2, 0.25) is 10.0 Å². The minimum Gasteiger partial charge on any atom is -0.440 e. The summed E-state index contributed by atoms with van der Waals surface area (Å²) in [7, 11) is -3.36. The molecule has 6 nitrogen and oxygen atoms in total. The number of halogens is 2. The zero-order chi connectivity index (χ0) is 26.5. The van der Waals surface area contributed by atoms with Gasteiger partial charge in [-0.15, -0.1) is 0 Å². The van der Waals surface area contributed by atoms with Crippen LogP contribution in [0.5, 0.6) is 0 Å². The van der Waals surface area contributed by atoms with Gasteiger partial charge in [0.1, 0.15) is 11.5 Å². The van der Waals surface area contributed by atoms with Gasteiger partial charge in [0.25, 0.3) is 0 Å². The van der Waals surface area contributed by atoms with Crippen molar-refractivity contribution in [3.05, 3.63) is 94.3 Å². The molecule has 5 aromatic rings. The highest BCUT2D eigenvalue weighted by Gasteiger charge is 2.22. The maximum atomic E-state index is 12.2. The van der Waals surface area contributed by atoms with Gasteiger partial charge in [-0.3, -0.25) is 0 Å². The van der Waals surface area contributed by atoms with Gasteiger partial charge >= 0.3 is 0 Å². The van der Waals surface area contributed by atoms with E-state index >= 15 is 0 Å². The average molecular weight is 552 g/mol. The zero-order valence-electron chi connectivity index (χ0n) is 20.6. The highest BCUT2D eigenvalue weighted by molar-refractivity contribution is 7.90. The van der Waals surface area contributed by atoms with Crippen molar-refractivity contribution in [1.29, 1.82) is 0 Å². The molecule has 0 N–H and O–H groups in total. The summed E-state index contributed by atoms with van der Waals surface area (Å²) in [5, 5.41) is 0.961. The largest absolute Gasteiger partial charge is 0.440 e. The van der Waals surface area contributed by atoms with Gasteiger partial charge < -0.3 is 8.98 Å². The number of aromatic nitrogens is 3. The van der Waals surface area contributed by atoms with Crippen LogP contribution in [0.15, 0.2) is 76.2 Å². The van der Waals surface area contributed by atoms with Crippen molar-refractivity contribution < 1.29 is 12.8 Å². The second-order valence-corrected chi connectivity index (χ2v) is 11.7. The summed E-state index contributed by atoms with van der Waals surface area (Å²) in [6.07, 6.45) is 3.16. The third-order valence-corrected chi connectivity index (χ3v) is 7.68. The van der Waals surface area contributed by atoms with Crippen molar-refractivity contribution in [3.8, 4) is 39.4 Å². The Balaban J connectivity index is 1.78. The average Bonchev–Trinajstić information content (AvgIpc) is 3.39. The summed E-state index contributed by atoms with van der Waals surface area (Å²) < 4.78 is 32.4. The molecule has 0 atom stereocenters. The van der Waals surface area contributed by atoms with Crippen molar-refractivity contribution in [3.63, 3.8) is 0 Å². The van der Waals surface area contributed by atoms with Crippen LogP contribution in [0.1, 0.15) is 17.4 Å². The Hall–Kier alpha value is -3.39. The summed E-state index contributed by atoms with van der Waals surface area (Å²) in [5.41, 5.74) is 5.36. The number of oxazole rings is 1. The topological polar surface area (TPSA) is 78.0 Å². The van der Waals surface area contributed by atoms with E-state index in [1.807, 2.05) is 48.9 Å². The van der Waals surface area contributed by atoms with E-state index < -0.39 is 9.84 Å². The Morgan fingerprint density at radius 3 is 2.30 bits per heavy atom. The minimum atomic E-state index is -3.36. The highest BCUT2D eigenvalue weighted by atomic mass is 35.5. The van der Waals surface area contributed by atoms with Crippen LogP contribution < -0.4 is 0 Å². The number of rotatable bonds is 5. The van der Waals surface area contributed by atoms with Crippen LogP contribution in [-0.4, -0.2) is 29.2 Å². The molecule has 3 aromatic carbocycles. The maximum absolute atomic E-state index is 12.2. The molecule has 0 radical (unpaired) electrons. The molecule has 0 saturated heterocycles. The van der Waals surface area contributed by atoms with E-state index in [4.69, 9.17) is 32.6 Å². The smallest absolute Gasteiger partial charge is 0.192 e. The lowest BCUT2D eigenvalue weighted by atomic mass is 9.98. The molecule has 2 aromatic heterocycles. The monoisotopic (exact) mass is 551 g/mol. The summed E-state index contributed by atoms with van der Waals surface area (Å²) in [4.78, 5) is 9.57. The predicted octanol–water partition coefficient (Wildman–Crippen LogP) is 7.50. The number of hydrogen-bond donors (Lipinski definition) is 0. The van der Waals surface area contributed by atoms with Gasteiger partial charge in [0, 0.05) is 35.5 Å². The quantitative estimate of drug-likeness (QED) is 0.226. The van der Waals surface area contributed by atoms with Gasteiger partial charge in [0.2, 0.25) is 0 Å². The van der Waals surface area contributed by atoms with Crippen molar-refractivity contribution in [2.24, 2.45) is 0 Å². The molecule has 0 aliphatic carbocycles. The summed E-state index contributed by atoms with van der Waals surface area (Å²) in [6.45, 7) is 5.65. The third kappa shape index (κ3) is 4.94. The van der Waals surface area contributed by atoms with E-state index in [1.165, 1.54) is 6.26 Å². The Morgan fingerprint density at radius 1 is 0.865 bits per heavy atom. The summed E-state index contributed by atoms with van der Waals surface area (Å²) >= 11 is 12.7. The van der Waals surface area contributed by atoms with Gasteiger partial charge in [0.05, 0.1) is 21.3 Å². The molecule has 0 aliphatic rings. The molecule has 0 unspecified atom stereocenters. The molecule has 0 saturated carbocycles. The SMILES string of the molecule is Cc1cn(-c2ccc(-c3cccc(S(C)(=O)=O)c3)cc2-c2nc(C)oc2-c2ccc(Cl)cc2Cl)c(C)n1. The summed E-state index contributed by atoms with van der Waals surface area (Å²) in [5.74, 6) is 1.80. The molecule has 0 bridgehead atoms. The molecule has 188 valence electrons. The molecule has 0 aliphatic heterocycles. The molecule has 0 spiro atoms. The molecular weight excluding hydrogens is 529 g/mol. The molecule has 0 amide bonds. The van der Waals surface area contributed by atoms with Gasteiger partial charge in [-0.1, -0.05) is 41.4 Å². The van der Waals surface area contributed by atoms with Gasteiger partial charge in [0.15, 0.2) is 21.5 Å². The number of hydrogen-bond acceptors (Lipinski definition) is 5. The molecule has 2 heterocycles. The Kier molecular flexibility index (Phi) is 6.48. The fourth-order valence-electron chi connectivity index (χ4n) is 4.35. The molecule has 37 heavy (non-hydrogen) atoms. The van der Waals surface area contributed by atoms with Gasteiger partial charge in [-0.25, -0.2) is 18.4 Å². The first kappa shape index (κ1) is 25.3. The van der Waals surface area contributed by atoms with E-state index in [0.717, 1.165) is 33.9 Å². The van der Waals surface area contributed by atoms with Crippen LogP contribution in [-0.2, 0) is 9.84 Å².